The van der Waals surface area contributed by atoms with E-state index in [2.05, 4.69) is 50.2 Å². The lowest BCUT2D eigenvalue weighted by molar-refractivity contribution is 2.13. The van der Waals surface area contributed by atoms with Gasteiger partial charge in [0.1, 0.15) is 0 Å². The third kappa shape index (κ3) is 5.16. The Labute approximate surface area is 56.4 Å². The molecule has 0 saturated heterocycles. The molecule has 0 N–H and O–H groups in total. The smallest absolute Gasteiger partial charge is 0.0690 e. The molecule has 0 heterocycles. The molecule has 0 aromatic rings. The molecule has 6 heteroatoms. The quantitative estimate of drug-likeness (QED) is 0.462. The van der Waals surface area contributed by atoms with Gasteiger partial charge in [-0.05, 0) is 22.4 Å². The molecule has 36 valence electrons. The lowest BCUT2D eigenvalue weighted by Gasteiger charge is -1.79. The van der Waals surface area contributed by atoms with Crippen LogP contribution < -0.4 is 0 Å². The van der Waals surface area contributed by atoms with E-state index in [1.54, 1.807) is 0 Å². The molecule has 0 radical (unpaired) electrons. The molecular formula is HNS5. The van der Waals surface area contributed by atoms with Crippen molar-refractivity contribution < 1.29 is 0 Å². The zero-order valence-corrected chi connectivity index (χ0v) is 6.69. The summed E-state index contributed by atoms with van der Waals surface area (Å²) in [5, 5.41) is 0. The Kier molecular flexibility index (Phi) is 2.94. The van der Waals surface area contributed by atoms with Crippen LogP contribution in [0.5, 0.6) is 0 Å². The summed E-state index contributed by atoms with van der Waals surface area (Å²) in [6.45, 7) is 0. The maximum absolute atomic E-state index is 4.48. The second kappa shape index (κ2) is 2.46. The molecule has 0 aromatic heterocycles. The fourth-order valence-corrected chi connectivity index (χ4v) is 0. The average Bonchev–Trinajstić information content (AvgIpc) is 1.35. The monoisotopic (exact) mass is 175 g/mol. The SMILES string of the molecule is S=NS(=S)(=S)S. The van der Waals surface area contributed by atoms with E-state index in [9.17, 15) is 0 Å². The predicted octanol–water partition coefficient (Wildman–Crippen LogP) is 0.554. The highest BCUT2D eigenvalue weighted by Gasteiger charge is 1.78. The number of thiol groups is 1. The molecule has 0 fully saturated rings. The molecule has 0 unspecified atom stereocenters. The summed E-state index contributed by atoms with van der Waals surface area (Å²) in [5.41, 5.74) is 0. The van der Waals surface area contributed by atoms with Gasteiger partial charge in [-0.2, -0.15) is 0 Å². The van der Waals surface area contributed by atoms with Crippen molar-refractivity contribution in [3.63, 3.8) is 0 Å². The fourth-order valence-electron chi connectivity index (χ4n) is 0. The first-order valence-corrected chi connectivity index (χ1v) is 5.74. The van der Waals surface area contributed by atoms with E-state index in [0.717, 1.165) is 0 Å². The van der Waals surface area contributed by atoms with E-state index in [0.29, 0.717) is 0 Å². The Morgan fingerprint density at radius 1 is 1.50 bits per heavy atom. The van der Waals surface area contributed by atoms with Crippen molar-refractivity contribution >= 4 is 52.8 Å². The van der Waals surface area contributed by atoms with Gasteiger partial charge in [0.05, 0.1) is 18.8 Å². The zero-order chi connectivity index (χ0) is 5.21. The summed E-state index contributed by atoms with van der Waals surface area (Å²) >= 11 is 16.8. The van der Waals surface area contributed by atoms with Crippen molar-refractivity contribution in [1.29, 1.82) is 0 Å². The van der Waals surface area contributed by atoms with Crippen LogP contribution in [0.2, 0.25) is 0 Å². The molecule has 0 aliphatic rings. The van der Waals surface area contributed by atoms with Gasteiger partial charge in [0.2, 0.25) is 0 Å². The minimum Gasteiger partial charge on any atom is -0.131 e. The summed E-state index contributed by atoms with van der Waals surface area (Å²) in [6, 6.07) is 0. The van der Waals surface area contributed by atoms with Gasteiger partial charge in [0.25, 0.3) is 0 Å². The highest BCUT2D eigenvalue weighted by Crippen LogP contribution is 1.95. The molecule has 0 aliphatic heterocycles. The van der Waals surface area contributed by atoms with Crippen LogP contribution in [0.4, 0.5) is 0 Å². The highest BCUT2D eigenvalue weighted by atomic mass is 33.5. The maximum atomic E-state index is 4.48. The van der Waals surface area contributed by atoms with Crippen molar-refractivity contribution in [2.24, 2.45) is 3.77 Å². The number of hydrogen-bond donors (Lipinski definition) is 1. The second-order valence-corrected chi connectivity index (χ2v) is 8.61. The van der Waals surface area contributed by atoms with Crippen molar-refractivity contribution in [2.45, 2.75) is 0 Å². The Bertz CT molecular complexity index is 114. The van der Waals surface area contributed by atoms with Gasteiger partial charge < -0.3 is 0 Å². The summed E-state index contributed by atoms with van der Waals surface area (Å²) in [5.74, 6) is 0. The van der Waals surface area contributed by atoms with E-state index in [4.69, 9.17) is 0 Å². The Morgan fingerprint density at radius 2 is 1.67 bits per heavy atom. The first kappa shape index (κ1) is 7.16. The summed E-state index contributed by atoms with van der Waals surface area (Å²) in [4.78, 5) is 0. The van der Waals surface area contributed by atoms with E-state index in [1.165, 1.54) is 0 Å². The number of nitrogens with zero attached hydrogens (tertiary/aromatic N) is 1. The largest absolute Gasteiger partial charge is 0.131 e. The molecule has 0 atom stereocenters. The third-order valence-electron chi connectivity index (χ3n) is 0.0942. The average molecular weight is 175 g/mol. The Hall–Kier alpha value is 1.16. The van der Waals surface area contributed by atoms with Gasteiger partial charge in [-0.3, -0.25) is 0 Å². The number of hydrogen-bond acceptors (Lipinski definition) is 3. The molecule has 0 bridgehead atoms. The maximum Gasteiger partial charge on any atom is 0.0690 e. The van der Waals surface area contributed by atoms with Crippen molar-refractivity contribution in [3.05, 3.63) is 0 Å². The van der Waals surface area contributed by atoms with Gasteiger partial charge >= 0.3 is 0 Å². The lowest BCUT2D eigenvalue weighted by atomic mass is 13.9. The summed E-state index contributed by atoms with van der Waals surface area (Å²) < 4.78 is 3.18. The molecule has 1 nitrogen and oxygen atoms in total. The molecular weight excluding hydrogens is 174 g/mol. The van der Waals surface area contributed by atoms with Crippen LogP contribution >= 0.6 is 11.7 Å². The van der Waals surface area contributed by atoms with Crippen LogP contribution in [0.1, 0.15) is 0 Å². The van der Waals surface area contributed by atoms with Crippen molar-refractivity contribution in [3.8, 4) is 0 Å². The Balaban J connectivity index is 4.25. The van der Waals surface area contributed by atoms with Crippen LogP contribution in [0.15, 0.2) is 3.77 Å². The predicted molar refractivity (Wildman–Crippen MR) is 40.9 cm³/mol. The van der Waals surface area contributed by atoms with Gasteiger partial charge in [-0.15, -0.1) is 3.77 Å². The highest BCUT2D eigenvalue weighted by molar-refractivity contribution is 8.92. The van der Waals surface area contributed by atoms with Crippen LogP contribution in [-0.2, 0) is 41.2 Å². The normalized spacial score (nSPS) is 10.8. The van der Waals surface area contributed by atoms with E-state index < -0.39 is 6.36 Å². The zero-order valence-electron chi connectivity index (χ0n) is 2.53. The van der Waals surface area contributed by atoms with Crippen LogP contribution in [0.25, 0.3) is 0 Å². The molecule has 0 aliphatic carbocycles. The van der Waals surface area contributed by atoms with Crippen molar-refractivity contribution in [1.82, 2.24) is 0 Å². The molecule has 6 heavy (non-hydrogen) atoms. The summed E-state index contributed by atoms with van der Waals surface area (Å²) in [7, 11) is 0. The molecule has 0 spiro atoms. The summed E-state index contributed by atoms with van der Waals surface area (Å²) in [6.07, 6.45) is -1.86. The van der Waals surface area contributed by atoms with Gasteiger partial charge in [-0.1, -0.05) is 11.7 Å². The van der Waals surface area contributed by atoms with Crippen LogP contribution in [0, 0.1) is 0 Å². The molecule has 0 saturated carbocycles. The standard InChI is InChI=1S/HNS5/c2-1-6(3,4)5/h(H,3,4,5). The van der Waals surface area contributed by atoms with Gasteiger partial charge in [0.15, 0.2) is 0 Å². The van der Waals surface area contributed by atoms with Gasteiger partial charge in [0, 0.05) is 0 Å². The van der Waals surface area contributed by atoms with E-state index >= 15 is 0 Å². The van der Waals surface area contributed by atoms with Crippen LogP contribution in [-0.4, -0.2) is 0 Å². The first-order chi connectivity index (χ1) is 2.56. The lowest BCUT2D eigenvalue weighted by Crippen LogP contribution is -1.67. The fraction of sp³-hybridized carbons (Fsp3) is 0. The second-order valence-electron chi connectivity index (χ2n) is 0.522. The Morgan fingerprint density at radius 3 is 1.67 bits per heavy atom. The number of rotatable bonds is 1. The molecule has 0 rings (SSSR count). The van der Waals surface area contributed by atoms with Gasteiger partial charge in [-0.25, -0.2) is 0 Å². The van der Waals surface area contributed by atoms with Crippen LogP contribution in [0.3, 0.4) is 0 Å². The molecule has 0 amide bonds. The molecule has 0 aromatic carbocycles. The third-order valence-corrected chi connectivity index (χ3v) is 2.54. The minimum absolute atomic E-state index is 1.86. The first-order valence-electron chi connectivity index (χ1n) is 0.881. The van der Waals surface area contributed by atoms with E-state index in [1.807, 2.05) is 0 Å². The minimum atomic E-state index is -1.86. The van der Waals surface area contributed by atoms with E-state index in [-0.39, 0.29) is 0 Å². The topological polar surface area (TPSA) is 12.4 Å². The van der Waals surface area contributed by atoms with Crippen molar-refractivity contribution in [2.75, 3.05) is 0 Å².